The zero-order chi connectivity index (χ0) is 12.7. The average molecular weight is 242 g/mol. The van der Waals surface area contributed by atoms with Gasteiger partial charge in [0.05, 0.1) is 18.7 Å². The maximum atomic E-state index is 9.04. The van der Waals surface area contributed by atoms with Crippen molar-refractivity contribution >= 4 is 27.6 Å². The van der Waals surface area contributed by atoms with Gasteiger partial charge in [-0.25, -0.2) is 4.98 Å². The molecule has 0 bridgehead atoms. The number of benzene rings is 1. The van der Waals surface area contributed by atoms with Gasteiger partial charge in [-0.05, 0) is 13.0 Å². The summed E-state index contributed by atoms with van der Waals surface area (Å²) in [5, 5.41) is 15.5. The minimum Gasteiger partial charge on any atom is -0.394 e. The highest BCUT2D eigenvalue weighted by Gasteiger charge is 2.14. The molecule has 3 aromatic rings. The van der Waals surface area contributed by atoms with Gasteiger partial charge in [0.25, 0.3) is 0 Å². The molecule has 1 aromatic carbocycles. The van der Waals surface area contributed by atoms with Gasteiger partial charge in [0, 0.05) is 16.5 Å². The normalized spacial score (nSPS) is 11.4. The summed E-state index contributed by atoms with van der Waals surface area (Å²) in [6.45, 7) is 2.51. The summed E-state index contributed by atoms with van der Waals surface area (Å²) in [5.74, 6) is 0.434. The van der Waals surface area contributed by atoms with Gasteiger partial charge in [-0.3, -0.25) is 4.68 Å². The molecule has 0 fully saturated rings. The van der Waals surface area contributed by atoms with Gasteiger partial charge in [0.1, 0.15) is 5.52 Å². The molecule has 0 amide bonds. The standard InChI is InChI=1S/C13H14N4O/c1-8-11-9-4-2-3-5-10(9)15-13(14)12(11)16-17(8)6-7-18/h2-5,18H,6-7H2,1H3,(H2,14,15). The topological polar surface area (TPSA) is 77.0 Å². The Balaban J connectivity index is 2.47. The Morgan fingerprint density at radius 3 is 2.89 bits per heavy atom. The van der Waals surface area contributed by atoms with Crippen LogP contribution in [0.25, 0.3) is 21.8 Å². The number of rotatable bonds is 2. The molecule has 2 heterocycles. The lowest BCUT2D eigenvalue weighted by Gasteiger charge is -2.02. The van der Waals surface area contributed by atoms with Crippen molar-refractivity contribution in [2.24, 2.45) is 0 Å². The molecule has 3 N–H and O–H groups in total. The van der Waals surface area contributed by atoms with Crippen LogP contribution >= 0.6 is 0 Å². The highest BCUT2D eigenvalue weighted by molar-refractivity contribution is 6.09. The quantitative estimate of drug-likeness (QED) is 0.713. The first kappa shape index (κ1) is 11.0. The Morgan fingerprint density at radius 1 is 1.33 bits per heavy atom. The van der Waals surface area contributed by atoms with E-state index in [9.17, 15) is 0 Å². The molecule has 92 valence electrons. The van der Waals surface area contributed by atoms with Gasteiger partial charge in [0.2, 0.25) is 0 Å². The van der Waals surface area contributed by atoms with E-state index in [1.54, 1.807) is 4.68 Å². The van der Waals surface area contributed by atoms with Crippen molar-refractivity contribution < 1.29 is 5.11 Å². The fourth-order valence-corrected chi connectivity index (χ4v) is 2.33. The van der Waals surface area contributed by atoms with E-state index in [-0.39, 0.29) is 6.61 Å². The van der Waals surface area contributed by atoms with Crippen LogP contribution in [0.3, 0.4) is 0 Å². The van der Waals surface area contributed by atoms with E-state index in [0.29, 0.717) is 17.9 Å². The van der Waals surface area contributed by atoms with E-state index >= 15 is 0 Å². The minimum atomic E-state index is 0.0556. The Morgan fingerprint density at radius 2 is 2.11 bits per heavy atom. The molecular weight excluding hydrogens is 228 g/mol. The molecule has 5 nitrogen and oxygen atoms in total. The predicted molar refractivity (Wildman–Crippen MR) is 71.3 cm³/mol. The Labute approximate surface area is 104 Å². The first-order valence-corrected chi connectivity index (χ1v) is 5.84. The first-order valence-electron chi connectivity index (χ1n) is 5.84. The van der Waals surface area contributed by atoms with Crippen molar-refractivity contribution in [3.63, 3.8) is 0 Å². The van der Waals surface area contributed by atoms with Crippen LogP contribution in [-0.4, -0.2) is 26.5 Å². The molecule has 3 rings (SSSR count). The number of para-hydroxylation sites is 1. The molecule has 0 spiro atoms. The van der Waals surface area contributed by atoms with Gasteiger partial charge in [0.15, 0.2) is 5.82 Å². The highest BCUT2D eigenvalue weighted by atomic mass is 16.3. The van der Waals surface area contributed by atoms with Crippen LogP contribution in [0.2, 0.25) is 0 Å². The molecule has 0 atom stereocenters. The van der Waals surface area contributed by atoms with E-state index in [0.717, 1.165) is 22.0 Å². The third-order valence-electron chi connectivity index (χ3n) is 3.18. The summed E-state index contributed by atoms with van der Waals surface area (Å²) in [5.41, 5.74) is 8.53. The largest absolute Gasteiger partial charge is 0.394 e. The summed E-state index contributed by atoms with van der Waals surface area (Å²) < 4.78 is 1.77. The smallest absolute Gasteiger partial charge is 0.152 e. The Kier molecular flexibility index (Phi) is 2.41. The molecule has 0 saturated carbocycles. The summed E-state index contributed by atoms with van der Waals surface area (Å²) in [6, 6.07) is 7.87. The van der Waals surface area contributed by atoms with Gasteiger partial charge in [-0.1, -0.05) is 18.2 Å². The number of aliphatic hydroxyl groups is 1. The summed E-state index contributed by atoms with van der Waals surface area (Å²) >= 11 is 0. The third kappa shape index (κ3) is 1.44. The van der Waals surface area contributed by atoms with Crippen molar-refractivity contribution in [1.82, 2.24) is 14.8 Å². The van der Waals surface area contributed by atoms with Crippen LogP contribution in [0.5, 0.6) is 0 Å². The number of anilines is 1. The Bertz CT molecular complexity index is 733. The fourth-order valence-electron chi connectivity index (χ4n) is 2.33. The number of hydrogen-bond acceptors (Lipinski definition) is 4. The summed E-state index contributed by atoms with van der Waals surface area (Å²) in [4.78, 5) is 4.36. The second kappa shape index (κ2) is 3.96. The van der Waals surface area contributed by atoms with Crippen molar-refractivity contribution in [2.75, 3.05) is 12.3 Å². The van der Waals surface area contributed by atoms with Crippen LogP contribution < -0.4 is 5.73 Å². The molecule has 0 aliphatic carbocycles. The maximum Gasteiger partial charge on any atom is 0.152 e. The summed E-state index contributed by atoms with van der Waals surface area (Å²) in [6.07, 6.45) is 0. The van der Waals surface area contributed by atoms with E-state index in [4.69, 9.17) is 10.8 Å². The molecule has 0 radical (unpaired) electrons. The molecule has 0 unspecified atom stereocenters. The number of hydrogen-bond donors (Lipinski definition) is 2. The minimum absolute atomic E-state index is 0.0556. The number of fused-ring (bicyclic) bond motifs is 3. The van der Waals surface area contributed by atoms with Crippen LogP contribution in [0, 0.1) is 6.92 Å². The van der Waals surface area contributed by atoms with E-state index in [1.807, 2.05) is 31.2 Å². The lowest BCUT2D eigenvalue weighted by Crippen LogP contribution is -2.05. The Hall–Kier alpha value is -2.14. The van der Waals surface area contributed by atoms with E-state index in [2.05, 4.69) is 10.1 Å². The van der Waals surface area contributed by atoms with Crippen molar-refractivity contribution in [2.45, 2.75) is 13.5 Å². The van der Waals surface area contributed by atoms with Gasteiger partial charge < -0.3 is 10.8 Å². The number of aryl methyl sites for hydroxylation is 1. The molecular formula is C13H14N4O. The lowest BCUT2D eigenvalue weighted by molar-refractivity contribution is 0.268. The van der Waals surface area contributed by atoms with Crippen LogP contribution in [0.4, 0.5) is 5.82 Å². The van der Waals surface area contributed by atoms with Crippen molar-refractivity contribution in [1.29, 1.82) is 0 Å². The number of pyridine rings is 1. The third-order valence-corrected chi connectivity index (χ3v) is 3.18. The second-order valence-corrected chi connectivity index (χ2v) is 4.27. The second-order valence-electron chi connectivity index (χ2n) is 4.27. The fraction of sp³-hybridized carbons (Fsp3) is 0.231. The maximum absolute atomic E-state index is 9.04. The van der Waals surface area contributed by atoms with Gasteiger partial charge in [-0.2, -0.15) is 5.10 Å². The zero-order valence-electron chi connectivity index (χ0n) is 10.1. The van der Waals surface area contributed by atoms with Crippen molar-refractivity contribution in [3.8, 4) is 0 Å². The van der Waals surface area contributed by atoms with Gasteiger partial charge in [-0.15, -0.1) is 0 Å². The van der Waals surface area contributed by atoms with Crippen LogP contribution in [-0.2, 0) is 6.54 Å². The lowest BCUT2D eigenvalue weighted by atomic mass is 10.1. The highest BCUT2D eigenvalue weighted by Crippen LogP contribution is 2.29. The number of nitrogens with two attached hydrogens (primary N) is 1. The van der Waals surface area contributed by atoms with Crippen LogP contribution in [0.15, 0.2) is 24.3 Å². The molecule has 0 aliphatic rings. The number of aromatic nitrogens is 3. The van der Waals surface area contributed by atoms with E-state index in [1.165, 1.54) is 0 Å². The van der Waals surface area contributed by atoms with Crippen LogP contribution in [0.1, 0.15) is 5.69 Å². The predicted octanol–water partition coefficient (Wildman–Crippen LogP) is 1.47. The molecule has 2 aromatic heterocycles. The number of nitrogen functional groups attached to an aromatic ring is 1. The number of nitrogens with zero attached hydrogens (tertiary/aromatic N) is 3. The van der Waals surface area contributed by atoms with Crippen molar-refractivity contribution in [3.05, 3.63) is 30.0 Å². The molecule has 0 aliphatic heterocycles. The average Bonchev–Trinajstić information content (AvgIpc) is 2.69. The van der Waals surface area contributed by atoms with E-state index < -0.39 is 0 Å². The zero-order valence-corrected chi connectivity index (χ0v) is 10.1. The summed E-state index contributed by atoms with van der Waals surface area (Å²) in [7, 11) is 0. The first-order chi connectivity index (χ1) is 8.72. The SMILES string of the molecule is Cc1c2c(nn1CCO)c(N)nc1ccccc12. The molecule has 5 heteroatoms. The van der Waals surface area contributed by atoms with Gasteiger partial charge >= 0.3 is 0 Å². The molecule has 18 heavy (non-hydrogen) atoms. The monoisotopic (exact) mass is 242 g/mol. The number of aliphatic hydroxyl groups excluding tert-OH is 1. The molecule has 0 saturated heterocycles.